The van der Waals surface area contributed by atoms with Gasteiger partial charge in [0.05, 0.1) is 6.04 Å². The number of benzene rings is 2. The largest absolute Gasteiger partial charge is 0.380 e. The molecule has 1 aliphatic rings. The summed E-state index contributed by atoms with van der Waals surface area (Å²) in [5.74, 6) is -0.656. The summed E-state index contributed by atoms with van der Waals surface area (Å²) in [6.07, 6.45) is 0.695. The van der Waals surface area contributed by atoms with Crippen LogP contribution in [0, 0.1) is 0 Å². The number of carbonyl (C=O) groups is 3. The lowest BCUT2D eigenvalue weighted by Gasteiger charge is -2.17. The molecule has 0 unspecified atom stereocenters. The maximum atomic E-state index is 12.6. The summed E-state index contributed by atoms with van der Waals surface area (Å²) >= 11 is 0. The number of nitrogens with two attached hydrogens (primary N) is 1. The molecule has 0 saturated carbocycles. The minimum Gasteiger partial charge on any atom is -0.380 e. The molecule has 2 aromatic rings. The SMILES string of the molecule is CC(=O)O/N=C(\N)c1ccc(CNC(=O)[C@H](C)NC(=O)[C@H]2C[C@H](c3ccccc3)CN2)cc1. The van der Waals surface area contributed by atoms with Crippen LogP contribution in [0.25, 0.3) is 0 Å². The van der Waals surface area contributed by atoms with E-state index in [1.807, 2.05) is 18.2 Å². The number of carbonyl (C=O) groups excluding carboxylic acids is 3. The smallest absolute Gasteiger partial charge is 0.332 e. The van der Waals surface area contributed by atoms with Gasteiger partial charge in [-0.2, -0.15) is 0 Å². The van der Waals surface area contributed by atoms with Gasteiger partial charge < -0.3 is 26.5 Å². The van der Waals surface area contributed by atoms with Crippen LogP contribution < -0.4 is 21.7 Å². The fourth-order valence-corrected chi connectivity index (χ4v) is 3.60. The molecule has 0 aromatic heterocycles. The molecule has 1 heterocycles. The van der Waals surface area contributed by atoms with Gasteiger partial charge in [-0.1, -0.05) is 59.8 Å². The van der Waals surface area contributed by atoms with Crippen LogP contribution in [0.4, 0.5) is 0 Å². The number of oxime groups is 1. The van der Waals surface area contributed by atoms with Gasteiger partial charge in [0.2, 0.25) is 11.8 Å². The predicted molar refractivity (Wildman–Crippen MR) is 124 cm³/mol. The Morgan fingerprint density at radius 3 is 2.52 bits per heavy atom. The Hall–Kier alpha value is -3.72. The molecule has 3 atom stereocenters. The second-order valence-electron chi connectivity index (χ2n) is 8.01. The molecule has 0 radical (unpaired) electrons. The molecule has 0 spiro atoms. The molecule has 2 aromatic carbocycles. The van der Waals surface area contributed by atoms with Gasteiger partial charge in [0.15, 0.2) is 5.84 Å². The average molecular weight is 452 g/mol. The molecule has 0 aliphatic carbocycles. The lowest BCUT2D eigenvalue weighted by Crippen LogP contribution is -2.49. The molecule has 1 aliphatic heterocycles. The van der Waals surface area contributed by atoms with Gasteiger partial charge in [-0.25, -0.2) is 4.79 Å². The summed E-state index contributed by atoms with van der Waals surface area (Å²) < 4.78 is 0. The van der Waals surface area contributed by atoms with Crippen molar-refractivity contribution >= 4 is 23.6 Å². The number of amidine groups is 1. The van der Waals surface area contributed by atoms with Gasteiger partial charge in [0.1, 0.15) is 6.04 Å². The van der Waals surface area contributed by atoms with Crippen molar-refractivity contribution in [2.75, 3.05) is 6.54 Å². The first-order chi connectivity index (χ1) is 15.8. The number of nitrogens with one attached hydrogen (secondary N) is 3. The van der Waals surface area contributed by atoms with E-state index in [1.54, 1.807) is 31.2 Å². The fraction of sp³-hybridized carbons (Fsp3) is 0.333. The lowest BCUT2D eigenvalue weighted by atomic mass is 9.96. The highest BCUT2D eigenvalue weighted by Crippen LogP contribution is 2.25. The Morgan fingerprint density at radius 1 is 1.15 bits per heavy atom. The summed E-state index contributed by atoms with van der Waals surface area (Å²) in [5.41, 5.74) is 8.39. The first kappa shape index (κ1) is 23.9. The summed E-state index contributed by atoms with van der Waals surface area (Å²) in [5, 5.41) is 12.4. The van der Waals surface area contributed by atoms with Crippen LogP contribution in [0.15, 0.2) is 59.8 Å². The number of nitrogens with zero attached hydrogens (tertiary/aromatic N) is 1. The van der Waals surface area contributed by atoms with Crippen molar-refractivity contribution in [3.8, 4) is 0 Å². The molecule has 0 bridgehead atoms. The topological polar surface area (TPSA) is 135 Å². The van der Waals surface area contributed by atoms with Crippen LogP contribution in [0.1, 0.15) is 42.9 Å². The fourth-order valence-electron chi connectivity index (χ4n) is 3.60. The normalized spacial score (nSPS) is 18.9. The van der Waals surface area contributed by atoms with E-state index in [9.17, 15) is 14.4 Å². The summed E-state index contributed by atoms with van der Waals surface area (Å²) in [6, 6.07) is 16.1. The average Bonchev–Trinajstić information content (AvgIpc) is 3.32. The Labute approximate surface area is 192 Å². The molecule has 33 heavy (non-hydrogen) atoms. The zero-order valence-electron chi connectivity index (χ0n) is 18.7. The van der Waals surface area contributed by atoms with Crippen LogP contribution in [0.2, 0.25) is 0 Å². The zero-order valence-corrected chi connectivity index (χ0v) is 18.7. The standard InChI is InChI=1S/C24H29N5O4/c1-15(28-24(32)21-12-20(14-26-21)18-6-4-3-5-7-18)23(31)27-13-17-8-10-19(11-9-17)22(25)29-33-16(2)30/h3-11,15,20-21,26H,12-14H2,1-2H3,(H2,25,29)(H,27,31)(H,28,32)/t15-,20-,21+/m0/s1. The molecule has 9 nitrogen and oxygen atoms in total. The van der Waals surface area contributed by atoms with Gasteiger partial charge in [-0.05, 0) is 30.4 Å². The van der Waals surface area contributed by atoms with Gasteiger partial charge in [0, 0.05) is 25.6 Å². The van der Waals surface area contributed by atoms with E-state index in [-0.39, 0.29) is 36.2 Å². The molecule has 1 fully saturated rings. The van der Waals surface area contributed by atoms with Gasteiger partial charge in [-0.15, -0.1) is 0 Å². The first-order valence-electron chi connectivity index (χ1n) is 10.8. The number of amides is 2. The molecule has 174 valence electrons. The second-order valence-corrected chi connectivity index (χ2v) is 8.01. The van der Waals surface area contributed by atoms with E-state index in [1.165, 1.54) is 12.5 Å². The second kappa shape index (κ2) is 11.2. The first-order valence-corrected chi connectivity index (χ1v) is 10.8. The minimum atomic E-state index is -0.666. The lowest BCUT2D eigenvalue weighted by molar-refractivity contribution is -0.141. The van der Waals surface area contributed by atoms with Crippen LogP contribution in [-0.4, -0.2) is 42.2 Å². The van der Waals surface area contributed by atoms with E-state index in [4.69, 9.17) is 5.73 Å². The Balaban J connectivity index is 1.44. The molecule has 9 heteroatoms. The highest BCUT2D eigenvalue weighted by molar-refractivity contribution is 5.97. The Kier molecular flexibility index (Phi) is 8.15. The van der Waals surface area contributed by atoms with Crippen molar-refractivity contribution < 1.29 is 19.2 Å². The quantitative estimate of drug-likeness (QED) is 0.206. The van der Waals surface area contributed by atoms with Crippen molar-refractivity contribution in [1.82, 2.24) is 16.0 Å². The molecular weight excluding hydrogens is 422 g/mol. The van der Waals surface area contributed by atoms with E-state index < -0.39 is 12.0 Å². The molecule has 1 saturated heterocycles. The van der Waals surface area contributed by atoms with Crippen LogP contribution in [-0.2, 0) is 25.8 Å². The van der Waals surface area contributed by atoms with E-state index in [2.05, 4.69) is 38.1 Å². The van der Waals surface area contributed by atoms with Gasteiger partial charge in [-0.3, -0.25) is 9.59 Å². The van der Waals surface area contributed by atoms with Gasteiger partial charge in [0.25, 0.3) is 0 Å². The predicted octanol–water partition coefficient (Wildman–Crippen LogP) is 1.14. The molecule has 5 N–H and O–H groups in total. The van der Waals surface area contributed by atoms with E-state index in [0.29, 0.717) is 12.0 Å². The highest BCUT2D eigenvalue weighted by Gasteiger charge is 2.31. The maximum Gasteiger partial charge on any atom is 0.332 e. The third kappa shape index (κ3) is 6.88. The Bertz CT molecular complexity index is 1010. The van der Waals surface area contributed by atoms with Crippen molar-refractivity contribution in [2.24, 2.45) is 10.9 Å². The summed E-state index contributed by atoms with van der Waals surface area (Å²) in [4.78, 5) is 40.4. The third-order valence-electron chi connectivity index (χ3n) is 5.46. The summed E-state index contributed by atoms with van der Waals surface area (Å²) in [6.45, 7) is 3.91. The van der Waals surface area contributed by atoms with Crippen LogP contribution in [0.3, 0.4) is 0 Å². The number of hydrogen-bond acceptors (Lipinski definition) is 6. The molecule has 3 rings (SSSR count). The monoisotopic (exact) mass is 451 g/mol. The van der Waals surface area contributed by atoms with Crippen molar-refractivity contribution in [3.05, 3.63) is 71.3 Å². The van der Waals surface area contributed by atoms with E-state index >= 15 is 0 Å². The molecular formula is C24H29N5O4. The summed E-state index contributed by atoms with van der Waals surface area (Å²) in [7, 11) is 0. The molecule has 2 amide bonds. The maximum absolute atomic E-state index is 12.6. The number of hydrogen-bond donors (Lipinski definition) is 4. The van der Waals surface area contributed by atoms with Crippen LogP contribution in [0.5, 0.6) is 0 Å². The zero-order chi connectivity index (χ0) is 23.8. The highest BCUT2D eigenvalue weighted by atomic mass is 16.7. The third-order valence-corrected chi connectivity index (χ3v) is 5.46. The van der Waals surface area contributed by atoms with E-state index in [0.717, 1.165) is 12.1 Å². The van der Waals surface area contributed by atoms with Crippen molar-refractivity contribution in [2.45, 2.75) is 44.8 Å². The van der Waals surface area contributed by atoms with Crippen molar-refractivity contribution in [1.29, 1.82) is 0 Å². The van der Waals surface area contributed by atoms with Gasteiger partial charge >= 0.3 is 5.97 Å². The Morgan fingerprint density at radius 2 is 1.85 bits per heavy atom. The number of rotatable bonds is 8. The van der Waals surface area contributed by atoms with Crippen LogP contribution >= 0.6 is 0 Å². The minimum absolute atomic E-state index is 0.0761. The van der Waals surface area contributed by atoms with Crippen molar-refractivity contribution in [3.63, 3.8) is 0 Å².